The summed E-state index contributed by atoms with van der Waals surface area (Å²) in [6, 6.07) is 11.0. The van der Waals surface area contributed by atoms with Crippen LogP contribution in [0.15, 0.2) is 42.6 Å². The van der Waals surface area contributed by atoms with Crippen molar-refractivity contribution in [2.45, 2.75) is 38.0 Å². The van der Waals surface area contributed by atoms with Crippen molar-refractivity contribution in [1.82, 2.24) is 15.3 Å². The second-order valence-corrected chi connectivity index (χ2v) is 6.44. The van der Waals surface area contributed by atoms with Gasteiger partial charge >= 0.3 is 0 Å². The average Bonchev–Trinajstić information content (AvgIpc) is 2.60. The van der Waals surface area contributed by atoms with E-state index in [9.17, 15) is 9.90 Å². The number of hydrogen-bond donors (Lipinski definition) is 2. The molecule has 1 fully saturated rings. The number of pyridine rings is 2. The highest BCUT2D eigenvalue weighted by molar-refractivity contribution is 5.92. The normalized spacial score (nSPS) is 20.6. The van der Waals surface area contributed by atoms with Crippen molar-refractivity contribution in [3.63, 3.8) is 0 Å². The number of ether oxygens (including phenoxy) is 1. The number of hydrogen-bond acceptors (Lipinski definition) is 5. The van der Waals surface area contributed by atoms with Crippen molar-refractivity contribution in [2.75, 3.05) is 7.11 Å². The van der Waals surface area contributed by atoms with E-state index < -0.39 is 0 Å². The summed E-state index contributed by atoms with van der Waals surface area (Å²) in [6.07, 6.45) is 3.53. The van der Waals surface area contributed by atoms with Gasteiger partial charge in [-0.2, -0.15) is 0 Å². The molecule has 1 aliphatic carbocycles. The highest BCUT2D eigenvalue weighted by Gasteiger charge is 2.35. The van der Waals surface area contributed by atoms with Crippen LogP contribution in [-0.2, 0) is 17.8 Å². The number of amides is 1. The van der Waals surface area contributed by atoms with Crippen LogP contribution in [0.2, 0.25) is 0 Å². The summed E-state index contributed by atoms with van der Waals surface area (Å²) < 4.78 is 5.07. The van der Waals surface area contributed by atoms with Crippen LogP contribution in [-0.4, -0.2) is 40.2 Å². The van der Waals surface area contributed by atoms with Crippen molar-refractivity contribution in [3.05, 3.63) is 59.7 Å². The summed E-state index contributed by atoms with van der Waals surface area (Å²) in [5, 5.41) is 12.7. The van der Waals surface area contributed by atoms with Crippen molar-refractivity contribution in [2.24, 2.45) is 5.92 Å². The van der Waals surface area contributed by atoms with Crippen LogP contribution in [0.1, 0.15) is 34.7 Å². The average molecular weight is 341 g/mol. The molecule has 6 heteroatoms. The molecule has 2 aromatic rings. The third-order valence-corrected chi connectivity index (χ3v) is 4.52. The number of methoxy groups -OCH3 is 1. The number of nitrogens with one attached hydrogen (secondary N) is 1. The van der Waals surface area contributed by atoms with E-state index in [0.29, 0.717) is 31.6 Å². The zero-order chi connectivity index (χ0) is 17.6. The van der Waals surface area contributed by atoms with Crippen molar-refractivity contribution in [1.29, 1.82) is 0 Å². The third-order valence-electron chi connectivity index (χ3n) is 4.52. The Morgan fingerprint density at radius 2 is 2.08 bits per heavy atom. The van der Waals surface area contributed by atoms with Crippen LogP contribution in [0.5, 0.6) is 0 Å². The molecule has 2 aromatic heterocycles. The van der Waals surface area contributed by atoms with Gasteiger partial charge < -0.3 is 15.2 Å². The Balaban J connectivity index is 1.70. The molecule has 1 saturated carbocycles. The van der Waals surface area contributed by atoms with E-state index in [2.05, 4.69) is 15.3 Å². The molecular formula is C19H23N3O3. The smallest absolute Gasteiger partial charge is 0.270 e. The lowest BCUT2D eigenvalue weighted by atomic mass is 9.76. The molecule has 1 amide bonds. The standard InChI is InChI=1S/C19H23N3O3/c1-25-12-15-6-4-7-17(21-15)19(24)22-18(13-9-16(23)10-13)11-14-5-2-3-8-20-14/h2-8,13,16,18,23H,9-12H2,1H3,(H,22,24)/t13?,16?,18-/m0/s1. The van der Waals surface area contributed by atoms with Gasteiger partial charge in [0.25, 0.3) is 5.91 Å². The van der Waals surface area contributed by atoms with Crippen LogP contribution in [0.4, 0.5) is 0 Å². The molecule has 0 saturated heterocycles. The molecule has 2 N–H and O–H groups in total. The fourth-order valence-electron chi connectivity index (χ4n) is 3.11. The summed E-state index contributed by atoms with van der Waals surface area (Å²) in [4.78, 5) is 21.3. The highest BCUT2D eigenvalue weighted by Crippen LogP contribution is 2.31. The number of carbonyl (C=O) groups is 1. The zero-order valence-corrected chi connectivity index (χ0v) is 14.3. The fourth-order valence-corrected chi connectivity index (χ4v) is 3.11. The molecular weight excluding hydrogens is 318 g/mol. The molecule has 1 atom stereocenters. The van der Waals surface area contributed by atoms with Crippen LogP contribution in [0, 0.1) is 5.92 Å². The molecule has 0 aromatic carbocycles. The first-order chi connectivity index (χ1) is 12.2. The van der Waals surface area contributed by atoms with Gasteiger partial charge in [0.2, 0.25) is 0 Å². The van der Waals surface area contributed by atoms with Gasteiger partial charge in [0.1, 0.15) is 5.69 Å². The number of rotatable bonds is 7. The molecule has 132 valence electrons. The van der Waals surface area contributed by atoms with Gasteiger partial charge in [-0.1, -0.05) is 12.1 Å². The Hall–Kier alpha value is -2.31. The second-order valence-electron chi connectivity index (χ2n) is 6.44. The molecule has 0 radical (unpaired) electrons. The molecule has 25 heavy (non-hydrogen) atoms. The molecule has 1 aliphatic rings. The first kappa shape index (κ1) is 17.5. The molecule has 0 bridgehead atoms. The Morgan fingerprint density at radius 1 is 1.28 bits per heavy atom. The maximum atomic E-state index is 12.6. The maximum absolute atomic E-state index is 12.6. The van der Waals surface area contributed by atoms with E-state index in [0.717, 1.165) is 11.4 Å². The Bertz CT molecular complexity index is 702. The monoisotopic (exact) mass is 341 g/mol. The summed E-state index contributed by atoms with van der Waals surface area (Å²) >= 11 is 0. The van der Waals surface area contributed by atoms with Crippen LogP contribution in [0.25, 0.3) is 0 Å². The van der Waals surface area contributed by atoms with Crippen LogP contribution >= 0.6 is 0 Å². The van der Waals surface area contributed by atoms with E-state index >= 15 is 0 Å². The van der Waals surface area contributed by atoms with E-state index in [-0.39, 0.29) is 24.0 Å². The zero-order valence-electron chi connectivity index (χ0n) is 14.3. The van der Waals surface area contributed by atoms with E-state index in [1.165, 1.54) is 0 Å². The molecule has 2 heterocycles. The minimum absolute atomic E-state index is 0.0707. The topological polar surface area (TPSA) is 84.3 Å². The lowest BCUT2D eigenvalue weighted by Crippen LogP contribution is -2.48. The predicted octanol–water partition coefficient (Wildman–Crippen LogP) is 1.73. The first-order valence-electron chi connectivity index (χ1n) is 8.49. The SMILES string of the molecule is COCc1cccc(C(=O)N[C@@H](Cc2ccccn2)C2CC(O)C2)n1. The lowest BCUT2D eigenvalue weighted by molar-refractivity contribution is 0.0237. The van der Waals surface area contributed by atoms with Crippen molar-refractivity contribution < 1.29 is 14.6 Å². The van der Waals surface area contributed by atoms with Crippen molar-refractivity contribution in [3.8, 4) is 0 Å². The highest BCUT2D eigenvalue weighted by atomic mass is 16.5. The number of carbonyl (C=O) groups excluding carboxylic acids is 1. The number of aliphatic hydroxyl groups excluding tert-OH is 1. The van der Waals surface area contributed by atoms with Gasteiger partial charge in [-0.3, -0.25) is 9.78 Å². The van der Waals surface area contributed by atoms with Gasteiger partial charge in [-0.15, -0.1) is 0 Å². The van der Waals surface area contributed by atoms with Gasteiger partial charge in [0.15, 0.2) is 0 Å². The molecule has 0 aliphatic heterocycles. The van der Waals surface area contributed by atoms with Gasteiger partial charge in [-0.25, -0.2) is 4.98 Å². The van der Waals surface area contributed by atoms with Crippen LogP contribution < -0.4 is 5.32 Å². The summed E-state index contributed by atoms with van der Waals surface area (Å²) in [5.74, 6) is 0.0448. The van der Waals surface area contributed by atoms with Crippen molar-refractivity contribution >= 4 is 5.91 Å². The fraction of sp³-hybridized carbons (Fsp3) is 0.421. The Morgan fingerprint density at radius 3 is 2.76 bits per heavy atom. The second kappa shape index (κ2) is 8.18. The van der Waals surface area contributed by atoms with Gasteiger partial charge in [0.05, 0.1) is 18.4 Å². The van der Waals surface area contributed by atoms with Gasteiger partial charge in [-0.05, 0) is 43.0 Å². The predicted molar refractivity (Wildman–Crippen MR) is 92.9 cm³/mol. The summed E-state index contributed by atoms with van der Waals surface area (Å²) in [7, 11) is 1.60. The lowest BCUT2D eigenvalue weighted by Gasteiger charge is -2.38. The number of aromatic nitrogens is 2. The molecule has 0 spiro atoms. The molecule has 6 nitrogen and oxygen atoms in total. The molecule has 3 rings (SSSR count). The van der Waals surface area contributed by atoms with Gasteiger partial charge in [0, 0.05) is 31.5 Å². The van der Waals surface area contributed by atoms with E-state index in [1.54, 1.807) is 25.4 Å². The summed E-state index contributed by atoms with van der Waals surface area (Å²) in [5.41, 5.74) is 2.02. The summed E-state index contributed by atoms with van der Waals surface area (Å²) in [6.45, 7) is 0.368. The minimum Gasteiger partial charge on any atom is -0.393 e. The number of nitrogens with zero attached hydrogens (tertiary/aromatic N) is 2. The quantitative estimate of drug-likeness (QED) is 0.801. The Kier molecular flexibility index (Phi) is 5.73. The minimum atomic E-state index is -0.267. The maximum Gasteiger partial charge on any atom is 0.270 e. The van der Waals surface area contributed by atoms with E-state index in [4.69, 9.17) is 4.74 Å². The van der Waals surface area contributed by atoms with E-state index in [1.807, 2.05) is 24.3 Å². The first-order valence-corrected chi connectivity index (χ1v) is 8.49. The molecule has 0 unspecified atom stereocenters. The third kappa shape index (κ3) is 4.61. The largest absolute Gasteiger partial charge is 0.393 e. The Labute approximate surface area is 147 Å². The van der Waals surface area contributed by atoms with Crippen LogP contribution in [0.3, 0.4) is 0 Å². The number of aliphatic hydroxyl groups is 1.